The zero-order chi connectivity index (χ0) is 11.2. The molecule has 0 spiro atoms. The van der Waals surface area contributed by atoms with Crippen molar-refractivity contribution in [2.75, 3.05) is 13.2 Å². The van der Waals surface area contributed by atoms with Crippen LogP contribution in [0.25, 0.3) is 0 Å². The lowest BCUT2D eigenvalue weighted by Gasteiger charge is -2.11. The van der Waals surface area contributed by atoms with Crippen LogP contribution in [0.2, 0.25) is 0 Å². The molecule has 0 amide bonds. The molecule has 0 aromatic carbocycles. The summed E-state index contributed by atoms with van der Waals surface area (Å²) in [5.41, 5.74) is 1.40. The summed E-state index contributed by atoms with van der Waals surface area (Å²) >= 11 is 1.83. The lowest BCUT2D eigenvalue weighted by atomic mass is 10.3. The van der Waals surface area contributed by atoms with Gasteiger partial charge in [0.25, 0.3) is 0 Å². The number of aryl methyl sites for hydroxylation is 1. The average molecular weight is 239 g/mol. The third-order valence-electron chi connectivity index (χ3n) is 3.19. The first-order valence-corrected chi connectivity index (χ1v) is 7.09. The number of nitrogens with one attached hydrogen (secondary N) is 1. The molecule has 1 saturated carbocycles. The summed E-state index contributed by atoms with van der Waals surface area (Å²) in [7, 11) is 0. The lowest BCUT2D eigenvalue weighted by Crippen LogP contribution is -2.21. The van der Waals surface area contributed by atoms with Gasteiger partial charge in [0.1, 0.15) is 0 Å². The van der Waals surface area contributed by atoms with E-state index in [2.05, 4.69) is 23.7 Å². The third kappa shape index (κ3) is 3.58. The summed E-state index contributed by atoms with van der Waals surface area (Å²) in [5, 5.41) is 5.59. The zero-order valence-corrected chi connectivity index (χ0v) is 10.8. The van der Waals surface area contributed by atoms with E-state index in [1.807, 2.05) is 11.3 Å². The van der Waals surface area contributed by atoms with Crippen LogP contribution >= 0.6 is 11.3 Å². The van der Waals surface area contributed by atoms with Crippen molar-refractivity contribution in [1.29, 1.82) is 0 Å². The molecule has 0 saturated heterocycles. The highest BCUT2D eigenvalue weighted by atomic mass is 32.1. The van der Waals surface area contributed by atoms with Gasteiger partial charge in [-0.05, 0) is 36.8 Å². The highest BCUT2D eigenvalue weighted by Crippen LogP contribution is 2.20. The monoisotopic (exact) mass is 239 g/mol. The normalized spacial score (nSPS) is 17.1. The third-order valence-corrected chi connectivity index (χ3v) is 4.21. The van der Waals surface area contributed by atoms with Crippen LogP contribution in [0.5, 0.6) is 0 Å². The van der Waals surface area contributed by atoms with E-state index in [-0.39, 0.29) is 0 Å². The van der Waals surface area contributed by atoms with Gasteiger partial charge in [-0.15, -0.1) is 11.3 Å². The van der Waals surface area contributed by atoms with Gasteiger partial charge in [0.05, 0.1) is 12.7 Å². The second-order valence-corrected chi connectivity index (χ2v) is 5.48. The molecule has 1 aromatic rings. The van der Waals surface area contributed by atoms with Crippen LogP contribution in [0.15, 0.2) is 11.4 Å². The summed E-state index contributed by atoms with van der Waals surface area (Å²) in [6.07, 6.45) is 5.79. The fourth-order valence-electron chi connectivity index (χ4n) is 2.14. The van der Waals surface area contributed by atoms with Crippen LogP contribution in [-0.4, -0.2) is 19.3 Å². The van der Waals surface area contributed by atoms with Crippen molar-refractivity contribution in [3.05, 3.63) is 21.9 Å². The Morgan fingerprint density at radius 1 is 1.44 bits per heavy atom. The molecule has 16 heavy (non-hydrogen) atoms. The first-order valence-electron chi connectivity index (χ1n) is 6.21. The number of ether oxygens (including phenoxy) is 1. The molecule has 0 atom stereocenters. The largest absolute Gasteiger partial charge is 0.377 e. The first kappa shape index (κ1) is 12.1. The molecule has 0 radical (unpaired) electrons. The highest BCUT2D eigenvalue weighted by Gasteiger charge is 2.14. The Balaban J connectivity index is 1.53. The minimum absolute atomic E-state index is 0.547. The minimum Gasteiger partial charge on any atom is -0.377 e. The van der Waals surface area contributed by atoms with Gasteiger partial charge < -0.3 is 10.1 Å². The fraction of sp³-hybridized carbons (Fsp3) is 0.692. The van der Waals surface area contributed by atoms with E-state index in [0.29, 0.717) is 6.10 Å². The van der Waals surface area contributed by atoms with Gasteiger partial charge in [0.2, 0.25) is 0 Å². The van der Waals surface area contributed by atoms with Gasteiger partial charge in [-0.25, -0.2) is 0 Å². The van der Waals surface area contributed by atoms with E-state index in [0.717, 1.165) is 19.7 Å². The Hall–Kier alpha value is -0.380. The molecule has 1 aromatic heterocycles. The fourth-order valence-corrected chi connectivity index (χ4v) is 3.02. The van der Waals surface area contributed by atoms with Crippen molar-refractivity contribution in [1.82, 2.24) is 5.32 Å². The maximum absolute atomic E-state index is 5.79. The first-order chi connectivity index (χ1) is 7.86. The molecule has 90 valence electrons. The van der Waals surface area contributed by atoms with Crippen molar-refractivity contribution in [2.45, 2.75) is 45.3 Å². The highest BCUT2D eigenvalue weighted by molar-refractivity contribution is 7.10. The summed E-state index contributed by atoms with van der Waals surface area (Å²) < 4.78 is 5.79. The van der Waals surface area contributed by atoms with E-state index in [9.17, 15) is 0 Å². The summed E-state index contributed by atoms with van der Waals surface area (Å²) in [6.45, 7) is 4.98. The lowest BCUT2D eigenvalue weighted by molar-refractivity contribution is 0.0603. The molecule has 2 rings (SSSR count). The Morgan fingerprint density at radius 2 is 2.25 bits per heavy atom. The maximum Gasteiger partial charge on any atom is 0.0594 e. The second-order valence-electron chi connectivity index (χ2n) is 4.48. The minimum atomic E-state index is 0.547. The van der Waals surface area contributed by atoms with Crippen LogP contribution in [0.4, 0.5) is 0 Å². The van der Waals surface area contributed by atoms with Crippen LogP contribution < -0.4 is 5.32 Å². The van der Waals surface area contributed by atoms with E-state index >= 15 is 0 Å². The van der Waals surface area contributed by atoms with Crippen LogP contribution in [0, 0.1) is 6.92 Å². The SMILES string of the molecule is Cc1ccsc1CNCCOC1CCCC1. The Labute approximate surface area is 102 Å². The molecule has 0 unspecified atom stereocenters. The quantitative estimate of drug-likeness (QED) is 0.770. The van der Waals surface area contributed by atoms with E-state index < -0.39 is 0 Å². The van der Waals surface area contributed by atoms with Gasteiger partial charge in [-0.3, -0.25) is 0 Å². The van der Waals surface area contributed by atoms with Gasteiger partial charge in [0, 0.05) is 18.0 Å². The second kappa shape index (κ2) is 6.38. The standard InChI is InChI=1S/C13H21NOS/c1-11-6-9-16-13(11)10-14-7-8-15-12-4-2-3-5-12/h6,9,12,14H,2-5,7-8,10H2,1H3. The number of hydrogen-bond acceptors (Lipinski definition) is 3. The predicted molar refractivity (Wildman–Crippen MR) is 69.0 cm³/mol. The molecule has 0 bridgehead atoms. The molecule has 1 aliphatic rings. The van der Waals surface area contributed by atoms with Crippen molar-refractivity contribution >= 4 is 11.3 Å². The van der Waals surface area contributed by atoms with Crippen LogP contribution in [0.3, 0.4) is 0 Å². The van der Waals surface area contributed by atoms with Crippen molar-refractivity contribution in [3.63, 3.8) is 0 Å². The molecule has 1 fully saturated rings. The molecule has 3 heteroatoms. The Kier molecular flexibility index (Phi) is 4.82. The average Bonchev–Trinajstić information content (AvgIpc) is 2.90. The smallest absolute Gasteiger partial charge is 0.0594 e. The topological polar surface area (TPSA) is 21.3 Å². The van der Waals surface area contributed by atoms with E-state index in [4.69, 9.17) is 4.74 Å². The molecule has 1 N–H and O–H groups in total. The van der Waals surface area contributed by atoms with Gasteiger partial charge in [-0.2, -0.15) is 0 Å². The molecule has 1 heterocycles. The van der Waals surface area contributed by atoms with E-state index in [1.54, 1.807) is 0 Å². The van der Waals surface area contributed by atoms with Gasteiger partial charge >= 0.3 is 0 Å². The molecular formula is C13H21NOS. The van der Waals surface area contributed by atoms with Crippen molar-refractivity contribution in [3.8, 4) is 0 Å². The predicted octanol–water partition coefficient (Wildman–Crippen LogP) is 3.11. The van der Waals surface area contributed by atoms with Crippen molar-refractivity contribution < 1.29 is 4.74 Å². The van der Waals surface area contributed by atoms with Gasteiger partial charge in [0.15, 0.2) is 0 Å². The molecule has 0 aliphatic heterocycles. The molecular weight excluding hydrogens is 218 g/mol. The summed E-state index contributed by atoms with van der Waals surface area (Å²) in [4.78, 5) is 1.45. The van der Waals surface area contributed by atoms with Crippen LogP contribution in [-0.2, 0) is 11.3 Å². The zero-order valence-electron chi connectivity index (χ0n) is 10.00. The number of hydrogen-bond donors (Lipinski definition) is 1. The maximum atomic E-state index is 5.79. The Bertz CT molecular complexity index is 305. The number of thiophene rings is 1. The van der Waals surface area contributed by atoms with E-state index in [1.165, 1.54) is 36.1 Å². The Morgan fingerprint density at radius 3 is 2.94 bits per heavy atom. The molecule has 1 aliphatic carbocycles. The van der Waals surface area contributed by atoms with Crippen molar-refractivity contribution in [2.24, 2.45) is 0 Å². The summed E-state index contributed by atoms with van der Waals surface area (Å²) in [6, 6.07) is 2.18. The number of rotatable bonds is 6. The van der Waals surface area contributed by atoms with Crippen LogP contribution in [0.1, 0.15) is 36.1 Å². The molecule has 2 nitrogen and oxygen atoms in total. The summed E-state index contributed by atoms with van der Waals surface area (Å²) in [5.74, 6) is 0. The van der Waals surface area contributed by atoms with Gasteiger partial charge in [-0.1, -0.05) is 12.8 Å².